The maximum Gasteiger partial charge on any atom is 0.130 e. The summed E-state index contributed by atoms with van der Waals surface area (Å²) in [6, 6.07) is 13.8. The van der Waals surface area contributed by atoms with Gasteiger partial charge in [0.2, 0.25) is 0 Å². The van der Waals surface area contributed by atoms with Crippen molar-refractivity contribution in [2.75, 3.05) is 14.2 Å². The van der Waals surface area contributed by atoms with Crippen LogP contribution in [0.25, 0.3) is 11.1 Å². The van der Waals surface area contributed by atoms with Gasteiger partial charge < -0.3 is 9.47 Å². The molecule has 17 heavy (non-hydrogen) atoms. The van der Waals surface area contributed by atoms with Gasteiger partial charge in [0, 0.05) is 4.47 Å². The highest BCUT2D eigenvalue weighted by Crippen LogP contribution is 2.38. The minimum atomic E-state index is 0.808. The van der Waals surface area contributed by atoms with Crippen molar-refractivity contribution in [3.63, 3.8) is 0 Å². The Labute approximate surface area is 109 Å². The Kier molecular flexibility index (Phi) is 3.69. The molecule has 0 saturated heterocycles. The number of benzene rings is 2. The van der Waals surface area contributed by atoms with Crippen molar-refractivity contribution in [1.82, 2.24) is 0 Å². The van der Waals surface area contributed by atoms with Crippen molar-refractivity contribution in [3.8, 4) is 22.6 Å². The first-order chi connectivity index (χ1) is 8.26. The minimum Gasteiger partial charge on any atom is -0.496 e. The van der Waals surface area contributed by atoms with Crippen molar-refractivity contribution >= 4 is 15.9 Å². The predicted molar refractivity (Wildman–Crippen MR) is 72.7 cm³/mol. The summed E-state index contributed by atoms with van der Waals surface area (Å²) in [6.07, 6.45) is 0. The second kappa shape index (κ2) is 5.23. The van der Waals surface area contributed by atoms with E-state index in [1.165, 1.54) is 0 Å². The molecule has 0 aliphatic rings. The van der Waals surface area contributed by atoms with E-state index < -0.39 is 0 Å². The summed E-state index contributed by atoms with van der Waals surface area (Å²) in [5.74, 6) is 1.62. The molecular weight excluding hydrogens is 280 g/mol. The molecule has 2 rings (SSSR count). The van der Waals surface area contributed by atoms with Crippen molar-refractivity contribution < 1.29 is 9.47 Å². The molecule has 0 atom stereocenters. The van der Waals surface area contributed by atoms with Crippen LogP contribution in [0.15, 0.2) is 46.9 Å². The van der Waals surface area contributed by atoms with Gasteiger partial charge in [-0.3, -0.25) is 0 Å². The summed E-state index contributed by atoms with van der Waals surface area (Å²) in [7, 11) is 3.33. The molecular formula is C14H13BrO2. The number of rotatable bonds is 3. The van der Waals surface area contributed by atoms with Crippen LogP contribution >= 0.6 is 15.9 Å². The maximum absolute atomic E-state index is 5.39. The molecule has 0 radical (unpaired) electrons. The highest BCUT2D eigenvalue weighted by Gasteiger charge is 2.11. The molecule has 0 spiro atoms. The number of hydrogen-bond donors (Lipinski definition) is 0. The first kappa shape index (κ1) is 12.0. The molecule has 2 nitrogen and oxygen atoms in total. The van der Waals surface area contributed by atoms with Crippen LogP contribution in [0.3, 0.4) is 0 Å². The molecule has 0 aromatic heterocycles. The van der Waals surface area contributed by atoms with Crippen molar-refractivity contribution in [2.24, 2.45) is 0 Å². The summed E-state index contributed by atoms with van der Waals surface area (Å²) >= 11 is 3.47. The normalized spacial score (nSPS) is 10.1. The second-order valence-electron chi connectivity index (χ2n) is 3.55. The number of methoxy groups -OCH3 is 2. The van der Waals surface area contributed by atoms with Gasteiger partial charge in [0.1, 0.15) is 11.5 Å². The highest BCUT2D eigenvalue weighted by atomic mass is 79.9. The average Bonchev–Trinajstić information content (AvgIpc) is 2.37. The third-order valence-electron chi connectivity index (χ3n) is 2.54. The van der Waals surface area contributed by atoms with Crippen LogP contribution in [0.2, 0.25) is 0 Å². The predicted octanol–water partition coefficient (Wildman–Crippen LogP) is 4.13. The zero-order chi connectivity index (χ0) is 12.3. The summed E-state index contributed by atoms with van der Waals surface area (Å²) in [5.41, 5.74) is 2.03. The first-order valence-corrected chi connectivity index (χ1v) is 6.02. The average molecular weight is 293 g/mol. The van der Waals surface area contributed by atoms with E-state index in [9.17, 15) is 0 Å². The Morgan fingerprint density at radius 1 is 0.882 bits per heavy atom. The van der Waals surface area contributed by atoms with Crippen molar-refractivity contribution in [3.05, 3.63) is 46.9 Å². The summed E-state index contributed by atoms with van der Waals surface area (Å²) in [4.78, 5) is 0. The van der Waals surface area contributed by atoms with Gasteiger partial charge in [-0.1, -0.05) is 34.1 Å². The Hall–Kier alpha value is -1.48. The van der Waals surface area contributed by atoms with Crippen molar-refractivity contribution in [1.29, 1.82) is 0 Å². The van der Waals surface area contributed by atoms with Crippen LogP contribution in [0.1, 0.15) is 0 Å². The number of ether oxygens (including phenoxy) is 2. The Bertz CT molecular complexity index is 501. The van der Waals surface area contributed by atoms with Gasteiger partial charge in [-0.15, -0.1) is 0 Å². The lowest BCUT2D eigenvalue weighted by molar-refractivity contribution is 0.397. The number of halogens is 1. The van der Waals surface area contributed by atoms with Gasteiger partial charge in [-0.25, -0.2) is 0 Å². The molecule has 0 unspecified atom stereocenters. The quantitative estimate of drug-likeness (QED) is 0.847. The zero-order valence-corrected chi connectivity index (χ0v) is 11.3. The third kappa shape index (κ3) is 2.44. The zero-order valence-electron chi connectivity index (χ0n) is 9.74. The van der Waals surface area contributed by atoms with E-state index in [1.54, 1.807) is 14.2 Å². The smallest absolute Gasteiger partial charge is 0.130 e. The molecule has 0 aliphatic carbocycles. The van der Waals surface area contributed by atoms with E-state index in [1.807, 2.05) is 42.5 Å². The van der Waals surface area contributed by atoms with Crippen LogP contribution in [0, 0.1) is 0 Å². The van der Waals surface area contributed by atoms with Gasteiger partial charge in [0.25, 0.3) is 0 Å². The minimum absolute atomic E-state index is 0.808. The highest BCUT2D eigenvalue weighted by molar-refractivity contribution is 9.10. The van der Waals surface area contributed by atoms with E-state index in [0.717, 1.165) is 27.1 Å². The molecule has 0 aliphatic heterocycles. The van der Waals surface area contributed by atoms with Crippen LogP contribution in [-0.2, 0) is 0 Å². The van der Waals surface area contributed by atoms with Crippen LogP contribution in [0.5, 0.6) is 11.5 Å². The molecule has 0 heterocycles. The lowest BCUT2D eigenvalue weighted by atomic mass is 10.0. The number of hydrogen-bond acceptors (Lipinski definition) is 2. The van der Waals surface area contributed by atoms with Gasteiger partial charge in [-0.05, 0) is 29.8 Å². The lowest BCUT2D eigenvalue weighted by Crippen LogP contribution is -1.92. The second-order valence-corrected chi connectivity index (χ2v) is 4.46. The molecule has 3 heteroatoms. The van der Waals surface area contributed by atoms with Gasteiger partial charge >= 0.3 is 0 Å². The summed E-state index contributed by atoms with van der Waals surface area (Å²) < 4.78 is 11.8. The molecule has 0 saturated carbocycles. The Morgan fingerprint density at radius 3 is 2.00 bits per heavy atom. The molecule has 0 N–H and O–H groups in total. The topological polar surface area (TPSA) is 18.5 Å². The first-order valence-electron chi connectivity index (χ1n) is 5.23. The standard InChI is InChI=1S/C14H13BrO2/c1-16-12-7-4-8-13(17-2)14(12)10-5-3-6-11(15)9-10/h3-9H,1-2H3. The Morgan fingerprint density at radius 2 is 1.47 bits per heavy atom. The monoisotopic (exact) mass is 292 g/mol. The van der Waals surface area contributed by atoms with E-state index >= 15 is 0 Å². The maximum atomic E-state index is 5.39. The molecule has 2 aromatic carbocycles. The van der Waals surface area contributed by atoms with E-state index in [4.69, 9.17) is 9.47 Å². The SMILES string of the molecule is COc1cccc(OC)c1-c1cccc(Br)c1. The van der Waals surface area contributed by atoms with Crippen molar-refractivity contribution in [2.45, 2.75) is 0 Å². The van der Waals surface area contributed by atoms with E-state index in [-0.39, 0.29) is 0 Å². The molecule has 0 fully saturated rings. The fourth-order valence-electron chi connectivity index (χ4n) is 1.78. The molecule has 2 aromatic rings. The van der Waals surface area contributed by atoms with Gasteiger partial charge in [0.05, 0.1) is 19.8 Å². The molecule has 0 bridgehead atoms. The lowest BCUT2D eigenvalue weighted by Gasteiger charge is -2.13. The van der Waals surface area contributed by atoms with E-state index in [2.05, 4.69) is 15.9 Å². The molecule has 0 amide bonds. The van der Waals surface area contributed by atoms with Crippen LogP contribution < -0.4 is 9.47 Å². The van der Waals surface area contributed by atoms with Crippen LogP contribution in [0.4, 0.5) is 0 Å². The van der Waals surface area contributed by atoms with Gasteiger partial charge in [0.15, 0.2) is 0 Å². The molecule has 88 valence electrons. The summed E-state index contributed by atoms with van der Waals surface area (Å²) in [5, 5.41) is 0. The fraction of sp³-hybridized carbons (Fsp3) is 0.143. The van der Waals surface area contributed by atoms with E-state index in [0.29, 0.717) is 0 Å². The summed E-state index contributed by atoms with van der Waals surface area (Å²) in [6.45, 7) is 0. The fourth-order valence-corrected chi connectivity index (χ4v) is 2.18. The Balaban J connectivity index is 2.64. The third-order valence-corrected chi connectivity index (χ3v) is 3.03. The largest absolute Gasteiger partial charge is 0.496 e. The van der Waals surface area contributed by atoms with Gasteiger partial charge in [-0.2, -0.15) is 0 Å². The van der Waals surface area contributed by atoms with Crippen LogP contribution in [-0.4, -0.2) is 14.2 Å².